The van der Waals surface area contributed by atoms with Crippen molar-refractivity contribution in [2.24, 2.45) is 40.9 Å². The molecule has 6 rings (SSSR count). The van der Waals surface area contributed by atoms with Crippen LogP contribution in [0.15, 0.2) is 18.2 Å². The SMILES string of the molecule is CCOC[C@@]1(O)CC[C@H]2[C@H](CC[C@@H]3[C@@H]2CC[C@]2(C)C([C@@H](C)N4Cc5cc(C#N)ccc5C4=O)CC[C@@H]32)C1. The predicted octanol–water partition coefficient (Wildman–Crippen LogP) is 5.94. The lowest BCUT2D eigenvalue weighted by Gasteiger charge is -2.57. The lowest BCUT2D eigenvalue weighted by Crippen LogP contribution is -2.53. The molecule has 1 heterocycles. The van der Waals surface area contributed by atoms with E-state index in [0.29, 0.717) is 42.6 Å². The third kappa shape index (κ3) is 4.05. The smallest absolute Gasteiger partial charge is 0.254 e. The molecule has 9 atom stereocenters. The molecular formula is C32H44N2O3. The van der Waals surface area contributed by atoms with Crippen LogP contribution in [-0.4, -0.2) is 40.8 Å². The highest BCUT2D eigenvalue weighted by molar-refractivity contribution is 5.98. The van der Waals surface area contributed by atoms with Crippen LogP contribution in [-0.2, 0) is 11.3 Å². The minimum atomic E-state index is -0.616. The molecule has 5 nitrogen and oxygen atoms in total. The molecule has 1 aromatic rings. The van der Waals surface area contributed by atoms with Crippen LogP contribution in [0, 0.1) is 52.3 Å². The third-order valence-electron chi connectivity index (χ3n) is 11.9. The molecule has 0 spiro atoms. The summed E-state index contributed by atoms with van der Waals surface area (Å²) in [6.07, 6.45) is 10.6. The first-order valence-corrected chi connectivity index (χ1v) is 14.9. The summed E-state index contributed by atoms with van der Waals surface area (Å²) in [4.78, 5) is 15.5. The standard InChI is InChI=1S/C32H44N2O3/c1-4-37-19-32(36)14-12-24-22(16-32)6-8-27-26(24)11-13-31(3)28(9-10-29(27)31)20(2)34-18-23-15-21(17-33)5-7-25(23)30(34)35/h5,7,15,20,22,24,26-29,36H,4,6,8-14,16,18-19H2,1-3H3/t20-,22-,24+,26-,27-,28?,29+,31-,32-/m1/s1. The van der Waals surface area contributed by atoms with Crippen molar-refractivity contribution in [3.8, 4) is 6.07 Å². The molecule has 0 saturated heterocycles. The number of hydrogen-bond acceptors (Lipinski definition) is 4. The van der Waals surface area contributed by atoms with Crippen LogP contribution in [0.3, 0.4) is 0 Å². The highest BCUT2D eigenvalue weighted by Gasteiger charge is 2.59. The van der Waals surface area contributed by atoms with Crippen molar-refractivity contribution in [3.63, 3.8) is 0 Å². The van der Waals surface area contributed by atoms with Crippen molar-refractivity contribution < 1.29 is 14.6 Å². The predicted molar refractivity (Wildman–Crippen MR) is 143 cm³/mol. The second-order valence-corrected chi connectivity index (χ2v) is 13.4. The lowest BCUT2D eigenvalue weighted by molar-refractivity contribution is -0.129. The van der Waals surface area contributed by atoms with Gasteiger partial charge in [0, 0.05) is 24.8 Å². The first-order valence-electron chi connectivity index (χ1n) is 14.9. The van der Waals surface area contributed by atoms with Gasteiger partial charge in [0.25, 0.3) is 5.91 Å². The Balaban J connectivity index is 1.16. The van der Waals surface area contributed by atoms with Gasteiger partial charge in [0.15, 0.2) is 0 Å². The number of nitriles is 1. The Morgan fingerprint density at radius 1 is 1.14 bits per heavy atom. The van der Waals surface area contributed by atoms with Gasteiger partial charge in [-0.3, -0.25) is 4.79 Å². The molecular weight excluding hydrogens is 460 g/mol. The zero-order chi connectivity index (χ0) is 25.9. The van der Waals surface area contributed by atoms with E-state index in [2.05, 4.69) is 24.8 Å². The summed E-state index contributed by atoms with van der Waals surface area (Å²) in [5.74, 6) is 4.48. The number of aliphatic hydroxyl groups is 1. The minimum Gasteiger partial charge on any atom is -0.387 e. The summed E-state index contributed by atoms with van der Waals surface area (Å²) in [5, 5.41) is 20.5. The summed E-state index contributed by atoms with van der Waals surface area (Å²) in [5.41, 5.74) is 2.12. The number of benzene rings is 1. The fourth-order valence-electron chi connectivity index (χ4n) is 10.2. The average Bonchev–Trinajstić information content (AvgIpc) is 3.43. The Kier molecular flexibility index (Phi) is 6.44. The van der Waals surface area contributed by atoms with Gasteiger partial charge in [-0.25, -0.2) is 0 Å². The van der Waals surface area contributed by atoms with Gasteiger partial charge < -0.3 is 14.7 Å². The molecule has 1 aliphatic heterocycles. The second-order valence-electron chi connectivity index (χ2n) is 13.4. The maximum Gasteiger partial charge on any atom is 0.254 e. The number of fused-ring (bicyclic) bond motifs is 6. The lowest BCUT2D eigenvalue weighted by atomic mass is 9.48. The minimum absolute atomic E-state index is 0.148. The van der Waals surface area contributed by atoms with Gasteiger partial charge in [0.05, 0.1) is 23.8 Å². The highest BCUT2D eigenvalue weighted by atomic mass is 16.5. The zero-order valence-corrected chi connectivity index (χ0v) is 22.9. The molecule has 1 amide bonds. The van der Waals surface area contributed by atoms with Crippen molar-refractivity contribution in [3.05, 3.63) is 34.9 Å². The van der Waals surface area contributed by atoms with E-state index in [9.17, 15) is 15.2 Å². The largest absolute Gasteiger partial charge is 0.387 e. The van der Waals surface area contributed by atoms with Crippen LogP contribution < -0.4 is 0 Å². The molecule has 5 aliphatic rings. The Bertz CT molecular complexity index is 1100. The molecule has 200 valence electrons. The highest BCUT2D eigenvalue weighted by Crippen LogP contribution is 2.65. The van der Waals surface area contributed by atoms with Crippen molar-refractivity contribution in [1.29, 1.82) is 5.26 Å². The number of carbonyl (C=O) groups excluding carboxylic acids is 1. The molecule has 4 saturated carbocycles. The van der Waals surface area contributed by atoms with Crippen molar-refractivity contribution >= 4 is 5.91 Å². The topological polar surface area (TPSA) is 73.6 Å². The molecule has 0 radical (unpaired) electrons. The first-order chi connectivity index (χ1) is 17.8. The average molecular weight is 505 g/mol. The van der Waals surface area contributed by atoms with E-state index >= 15 is 0 Å². The Morgan fingerprint density at radius 2 is 1.95 bits per heavy atom. The van der Waals surface area contributed by atoms with Gasteiger partial charge in [0.2, 0.25) is 0 Å². The quantitative estimate of drug-likeness (QED) is 0.539. The van der Waals surface area contributed by atoms with E-state index in [4.69, 9.17) is 4.74 Å². The molecule has 0 bridgehead atoms. The summed E-state index contributed by atoms with van der Waals surface area (Å²) < 4.78 is 5.66. The number of rotatable bonds is 5. The summed E-state index contributed by atoms with van der Waals surface area (Å²) in [7, 11) is 0. The second kappa shape index (κ2) is 9.38. The summed E-state index contributed by atoms with van der Waals surface area (Å²) >= 11 is 0. The fourth-order valence-corrected chi connectivity index (χ4v) is 10.2. The monoisotopic (exact) mass is 504 g/mol. The Morgan fingerprint density at radius 3 is 2.73 bits per heavy atom. The van der Waals surface area contributed by atoms with Crippen LogP contribution in [0.5, 0.6) is 0 Å². The van der Waals surface area contributed by atoms with Gasteiger partial charge in [-0.15, -0.1) is 0 Å². The van der Waals surface area contributed by atoms with E-state index < -0.39 is 5.60 Å². The van der Waals surface area contributed by atoms with E-state index in [-0.39, 0.29) is 11.9 Å². The van der Waals surface area contributed by atoms with Gasteiger partial charge in [-0.05, 0) is 136 Å². The molecule has 4 aliphatic carbocycles. The molecule has 1 unspecified atom stereocenters. The van der Waals surface area contributed by atoms with Crippen molar-refractivity contribution in [2.75, 3.05) is 13.2 Å². The van der Waals surface area contributed by atoms with E-state index in [1.807, 2.05) is 19.1 Å². The summed E-state index contributed by atoms with van der Waals surface area (Å²) in [6.45, 7) is 8.67. The maximum atomic E-state index is 13.4. The van der Waals surface area contributed by atoms with Crippen LogP contribution in [0.25, 0.3) is 0 Å². The van der Waals surface area contributed by atoms with E-state index in [0.717, 1.165) is 54.1 Å². The fraction of sp³-hybridized carbons (Fsp3) is 0.750. The van der Waals surface area contributed by atoms with Gasteiger partial charge in [-0.1, -0.05) is 6.92 Å². The van der Waals surface area contributed by atoms with Crippen LogP contribution in [0.2, 0.25) is 0 Å². The zero-order valence-electron chi connectivity index (χ0n) is 22.9. The maximum absolute atomic E-state index is 13.4. The molecule has 1 N–H and O–H groups in total. The third-order valence-corrected chi connectivity index (χ3v) is 11.9. The number of hydrogen-bond donors (Lipinski definition) is 1. The molecule has 4 fully saturated rings. The van der Waals surface area contributed by atoms with Gasteiger partial charge >= 0.3 is 0 Å². The molecule has 1 aromatic carbocycles. The van der Waals surface area contributed by atoms with Crippen molar-refractivity contribution in [2.45, 2.75) is 96.7 Å². The van der Waals surface area contributed by atoms with Crippen molar-refractivity contribution in [1.82, 2.24) is 4.90 Å². The van der Waals surface area contributed by atoms with Crippen LogP contribution in [0.4, 0.5) is 0 Å². The molecule has 0 aromatic heterocycles. The Hall–Kier alpha value is -1.90. The van der Waals surface area contributed by atoms with Crippen LogP contribution >= 0.6 is 0 Å². The van der Waals surface area contributed by atoms with E-state index in [1.54, 1.807) is 6.07 Å². The Labute approximate surface area is 222 Å². The summed E-state index contributed by atoms with van der Waals surface area (Å²) in [6, 6.07) is 7.98. The normalized spacial score (nSPS) is 41.4. The first kappa shape index (κ1) is 25.4. The number of nitrogens with zero attached hydrogens (tertiary/aromatic N) is 2. The van der Waals surface area contributed by atoms with Gasteiger partial charge in [-0.2, -0.15) is 5.26 Å². The van der Waals surface area contributed by atoms with E-state index in [1.165, 1.54) is 38.5 Å². The van der Waals surface area contributed by atoms with Crippen LogP contribution in [0.1, 0.15) is 100 Å². The molecule has 5 heteroatoms. The van der Waals surface area contributed by atoms with Gasteiger partial charge in [0.1, 0.15) is 0 Å². The number of ether oxygens (including phenoxy) is 1. The number of amides is 1. The molecule has 37 heavy (non-hydrogen) atoms. The number of carbonyl (C=O) groups is 1.